The summed E-state index contributed by atoms with van der Waals surface area (Å²) in [5.74, 6) is 0.676. The molecule has 0 saturated carbocycles. The quantitative estimate of drug-likeness (QED) is 0.490. The Morgan fingerprint density at radius 3 is 2.52 bits per heavy atom. The Morgan fingerprint density at radius 2 is 1.84 bits per heavy atom. The van der Waals surface area contributed by atoms with E-state index in [0.29, 0.717) is 22.4 Å². The van der Waals surface area contributed by atoms with E-state index in [-0.39, 0.29) is 24.0 Å². The zero-order valence-electron chi connectivity index (χ0n) is 16.9. The molecular formula is C22H20ClN5O3. The van der Waals surface area contributed by atoms with Crippen molar-refractivity contribution in [2.45, 2.75) is 26.3 Å². The van der Waals surface area contributed by atoms with E-state index in [4.69, 9.17) is 16.3 Å². The lowest BCUT2D eigenvalue weighted by Gasteiger charge is -2.08. The van der Waals surface area contributed by atoms with E-state index in [0.717, 1.165) is 4.68 Å². The smallest absolute Gasteiger partial charge is 0.351 e. The lowest BCUT2D eigenvalue weighted by Crippen LogP contribution is -2.28. The fourth-order valence-electron chi connectivity index (χ4n) is 3.00. The third-order valence-corrected chi connectivity index (χ3v) is 4.90. The molecule has 2 aromatic heterocycles. The van der Waals surface area contributed by atoms with Crippen molar-refractivity contribution < 1.29 is 9.53 Å². The molecule has 0 aliphatic carbocycles. The summed E-state index contributed by atoms with van der Waals surface area (Å²) in [5.41, 5.74) is 1.56. The van der Waals surface area contributed by atoms with Gasteiger partial charge in [0.1, 0.15) is 12.3 Å². The largest absolute Gasteiger partial charge is 0.436 e. The lowest BCUT2D eigenvalue weighted by atomic mass is 10.0. The third kappa shape index (κ3) is 4.59. The number of nitrogens with zero attached hydrogens (tertiary/aromatic N) is 4. The Bertz CT molecular complexity index is 1280. The van der Waals surface area contributed by atoms with E-state index < -0.39 is 5.69 Å². The molecule has 2 aromatic carbocycles. The molecular weight excluding hydrogens is 418 g/mol. The average molecular weight is 438 g/mol. The van der Waals surface area contributed by atoms with Gasteiger partial charge in [0, 0.05) is 23.1 Å². The van der Waals surface area contributed by atoms with Crippen molar-refractivity contribution in [3.63, 3.8) is 0 Å². The summed E-state index contributed by atoms with van der Waals surface area (Å²) < 4.78 is 8.09. The van der Waals surface area contributed by atoms with Crippen LogP contribution in [-0.4, -0.2) is 25.1 Å². The van der Waals surface area contributed by atoms with E-state index >= 15 is 0 Å². The van der Waals surface area contributed by atoms with Gasteiger partial charge >= 0.3 is 5.69 Å². The molecule has 4 aromatic rings. The van der Waals surface area contributed by atoms with Crippen molar-refractivity contribution in [1.82, 2.24) is 19.2 Å². The Morgan fingerprint density at radius 1 is 1.13 bits per heavy atom. The molecule has 0 fully saturated rings. The van der Waals surface area contributed by atoms with E-state index in [1.165, 1.54) is 22.4 Å². The van der Waals surface area contributed by atoms with E-state index in [1.54, 1.807) is 24.3 Å². The fourth-order valence-corrected chi connectivity index (χ4v) is 3.13. The van der Waals surface area contributed by atoms with Gasteiger partial charge < -0.3 is 10.1 Å². The van der Waals surface area contributed by atoms with Gasteiger partial charge in [0.2, 0.25) is 11.6 Å². The first-order valence-corrected chi connectivity index (χ1v) is 10.1. The Kier molecular flexibility index (Phi) is 5.73. The summed E-state index contributed by atoms with van der Waals surface area (Å²) in [6, 6.07) is 14.3. The number of ether oxygens (including phenoxy) is 1. The van der Waals surface area contributed by atoms with Crippen molar-refractivity contribution in [1.29, 1.82) is 0 Å². The van der Waals surface area contributed by atoms with Gasteiger partial charge in [-0.25, -0.2) is 18.9 Å². The fraction of sp³-hybridized carbons (Fsp3) is 0.182. The molecule has 9 heteroatoms. The average Bonchev–Trinajstić information content (AvgIpc) is 3.06. The molecule has 0 radical (unpaired) electrons. The van der Waals surface area contributed by atoms with Gasteiger partial charge in [-0.3, -0.25) is 4.79 Å². The molecule has 158 valence electrons. The Labute approximate surface area is 183 Å². The number of aromatic nitrogens is 4. The van der Waals surface area contributed by atoms with Crippen molar-refractivity contribution in [2.75, 3.05) is 5.32 Å². The number of fused-ring (bicyclic) bond motifs is 1. The highest BCUT2D eigenvalue weighted by Crippen LogP contribution is 2.23. The summed E-state index contributed by atoms with van der Waals surface area (Å²) in [4.78, 5) is 29.3. The topological polar surface area (TPSA) is 90.5 Å². The summed E-state index contributed by atoms with van der Waals surface area (Å²) in [7, 11) is 0. The van der Waals surface area contributed by atoms with Crippen LogP contribution >= 0.6 is 11.6 Å². The number of rotatable bonds is 6. The monoisotopic (exact) mass is 437 g/mol. The summed E-state index contributed by atoms with van der Waals surface area (Å²) in [5, 5.41) is 7.59. The summed E-state index contributed by atoms with van der Waals surface area (Å²) in [6.07, 6.45) is 2.90. The minimum atomic E-state index is -0.469. The number of hydrogen-bond donors (Lipinski definition) is 1. The maximum Gasteiger partial charge on any atom is 0.351 e. The zero-order valence-corrected chi connectivity index (χ0v) is 17.7. The third-order valence-electron chi connectivity index (χ3n) is 4.65. The van der Waals surface area contributed by atoms with Crippen LogP contribution in [0.2, 0.25) is 5.02 Å². The van der Waals surface area contributed by atoms with Gasteiger partial charge in [-0.2, -0.15) is 0 Å². The zero-order chi connectivity index (χ0) is 22.0. The predicted octanol–water partition coefficient (Wildman–Crippen LogP) is 4.10. The van der Waals surface area contributed by atoms with E-state index in [2.05, 4.69) is 29.2 Å². The maximum absolute atomic E-state index is 12.7. The van der Waals surface area contributed by atoms with Crippen LogP contribution in [-0.2, 0) is 11.3 Å². The second-order valence-corrected chi connectivity index (χ2v) is 7.68. The SMILES string of the molecule is CC(C)c1ccc(NC(=O)Cn2nc3c(Oc4ccc(Cl)cc4)nccn3c2=O)cc1. The molecule has 31 heavy (non-hydrogen) atoms. The van der Waals surface area contributed by atoms with Gasteiger partial charge in [0.05, 0.1) is 0 Å². The molecule has 0 bridgehead atoms. The number of carbonyl (C=O) groups excluding carboxylic acids is 1. The van der Waals surface area contributed by atoms with Crippen LogP contribution in [0.15, 0.2) is 65.7 Å². The van der Waals surface area contributed by atoms with Crippen LogP contribution in [0.4, 0.5) is 5.69 Å². The number of benzene rings is 2. The first kappa shape index (κ1) is 20.6. The number of halogens is 1. The molecule has 1 N–H and O–H groups in total. The summed E-state index contributed by atoms with van der Waals surface area (Å²) in [6.45, 7) is 3.96. The number of nitrogens with one attached hydrogen (secondary N) is 1. The normalized spacial score (nSPS) is 11.1. The number of carbonyl (C=O) groups is 1. The van der Waals surface area contributed by atoms with Crippen LogP contribution in [0.25, 0.3) is 5.65 Å². The number of hydrogen-bond acceptors (Lipinski definition) is 5. The molecule has 1 amide bonds. The molecule has 0 aliphatic rings. The second-order valence-electron chi connectivity index (χ2n) is 7.25. The number of amides is 1. The highest BCUT2D eigenvalue weighted by molar-refractivity contribution is 6.30. The van der Waals surface area contributed by atoms with Crippen LogP contribution < -0.4 is 15.7 Å². The number of anilines is 1. The minimum absolute atomic E-state index is 0.144. The summed E-state index contributed by atoms with van der Waals surface area (Å²) >= 11 is 5.89. The van der Waals surface area contributed by atoms with Crippen molar-refractivity contribution in [2.24, 2.45) is 0 Å². The van der Waals surface area contributed by atoms with Crippen LogP contribution in [0.3, 0.4) is 0 Å². The molecule has 0 saturated heterocycles. The standard InChI is InChI=1S/C22H20ClN5O3/c1-14(2)15-3-7-17(8-4-15)25-19(29)13-28-22(30)27-12-11-24-21(20(27)26-28)31-18-9-5-16(23)6-10-18/h3-12,14H,13H2,1-2H3,(H,25,29). The first-order chi connectivity index (χ1) is 14.9. The van der Waals surface area contributed by atoms with Crippen molar-refractivity contribution in [3.05, 3.63) is 82.0 Å². The van der Waals surface area contributed by atoms with Gasteiger partial charge in [-0.1, -0.05) is 37.6 Å². The van der Waals surface area contributed by atoms with Gasteiger partial charge in [0.25, 0.3) is 5.88 Å². The predicted molar refractivity (Wildman–Crippen MR) is 118 cm³/mol. The minimum Gasteiger partial charge on any atom is -0.436 e. The Balaban J connectivity index is 1.54. The first-order valence-electron chi connectivity index (χ1n) is 9.68. The maximum atomic E-state index is 12.7. The van der Waals surface area contributed by atoms with Gasteiger partial charge in [0.15, 0.2) is 0 Å². The molecule has 8 nitrogen and oxygen atoms in total. The Hall–Kier alpha value is -3.65. The van der Waals surface area contributed by atoms with Crippen molar-refractivity contribution in [3.8, 4) is 11.6 Å². The molecule has 4 rings (SSSR count). The van der Waals surface area contributed by atoms with Gasteiger partial charge in [-0.05, 0) is 47.9 Å². The lowest BCUT2D eigenvalue weighted by molar-refractivity contribution is -0.117. The highest BCUT2D eigenvalue weighted by Gasteiger charge is 2.16. The van der Waals surface area contributed by atoms with Crippen LogP contribution in [0.5, 0.6) is 11.6 Å². The van der Waals surface area contributed by atoms with Crippen LogP contribution in [0.1, 0.15) is 25.3 Å². The highest BCUT2D eigenvalue weighted by atomic mass is 35.5. The molecule has 0 spiro atoms. The van der Waals surface area contributed by atoms with Crippen molar-refractivity contribution >= 4 is 28.8 Å². The second kappa shape index (κ2) is 8.61. The van der Waals surface area contributed by atoms with E-state index in [1.807, 2.05) is 24.3 Å². The molecule has 0 unspecified atom stereocenters. The van der Waals surface area contributed by atoms with Crippen LogP contribution in [0, 0.1) is 0 Å². The van der Waals surface area contributed by atoms with Gasteiger partial charge in [-0.15, -0.1) is 5.10 Å². The van der Waals surface area contributed by atoms with E-state index in [9.17, 15) is 9.59 Å². The molecule has 2 heterocycles. The molecule has 0 atom stereocenters. The molecule has 0 aliphatic heterocycles.